The van der Waals surface area contributed by atoms with Crippen LogP contribution in [0.1, 0.15) is 50.3 Å². The lowest BCUT2D eigenvalue weighted by atomic mass is 9.99. The van der Waals surface area contributed by atoms with Crippen LogP contribution in [0.2, 0.25) is 0 Å². The Morgan fingerprint density at radius 1 is 1.26 bits per heavy atom. The molecule has 0 saturated heterocycles. The van der Waals surface area contributed by atoms with Crippen molar-refractivity contribution in [3.8, 4) is 9.75 Å². The van der Waals surface area contributed by atoms with Crippen molar-refractivity contribution >= 4 is 34.4 Å². The van der Waals surface area contributed by atoms with Gasteiger partial charge in [-0.25, -0.2) is 4.79 Å². The quantitative estimate of drug-likeness (QED) is 0.381. The van der Waals surface area contributed by atoms with Gasteiger partial charge in [0.05, 0.1) is 10.6 Å². The zero-order valence-corrected chi connectivity index (χ0v) is 14.9. The molecule has 0 bridgehead atoms. The molecule has 0 N–H and O–H groups in total. The van der Waals surface area contributed by atoms with E-state index in [2.05, 4.69) is 34.8 Å². The van der Waals surface area contributed by atoms with Gasteiger partial charge < -0.3 is 4.84 Å². The number of rotatable bonds is 6. The van der Waals surface area contributed by atoms with E-state index in [9.17, 15) is 4.79 Å². The van der Waals surface area contributed by atoms with Crippen LogP contribution in [0.25, 0.3) is 9.75 Å². The minimum Gasteiger partial charge on any atom is -0.318 e. The molecule has 1 aliphatic rings. The largest absolute Gasteiger partial charge is 0.331 e. The van der Waals surface area contributed by atoms with Crippen molar-refractivity contribution in [2.75, 3.05) is 0 Å². The standard InChI is InChI=1S/C18H21NO2S2/c1-13(20)21-19-15(9-8-14-5-2-3-6-14)16-10-11-18(23-16)17-7-4-12-22-17/h4,7,10-12,14H,2-3,5-6,8-9H2,1H3/b19-15+. The summed E-state index contributed by atoms with van der Waals surface area (Å²) < 4.78 is 0. The van der Waals surface area contributed by atoms with Gasteiger partial charge in [0, 0.05) is 16.7 Å². The number of carbonyl (C=O) groups excluding carboxylic acids is 1. The van der Waals surface area contributed by atoms with E-state index in [1.54, 1.807) is 22.7 Å². The summed E-state index contributed by atoms with van der Waals surface area (Å²) in [7, 11) is 0. The summed E-state index contributed by atoms with van der Waals surface area (Å²) in [6.07, 6.45) is 7.36. The van der Waals surface area contributed by atoms with Gasteiger partial charge in [-0.3, -0.25) is 0 Å². The maximum atomic E-state index is 11.1. The van der Waals surface area contributed by atoms with Crippen molar-refractivity contribution in [1.29, 1.82) is 0 Å². The summed E-state index contributed by atoms with van der Waals surface area (Å²) in [6.45, 7) is 1.39. The lowest BCUT2D eigenvalue weighted by molar-refractivity contribution is -0.140. The number of carbonyl (C=O) groups is 1. The van der Waals surface area contributed by atoms with Crippen LogP contribution >= 0.6 is 22.7 Å². The van der Waals surface area contributed by atoms with E-state index < -0.39 is 0 Å². The fraction of sp³-hybridized carbons (Fsp3) is 0.444. The van der Waals surface area contributed by atoms with Crippen LogP contribution in [0.4, 0.5) is 0 Å². The average molecular weight is 348 g/mol. The molecule has 2 heterocycles. The lowest BCUT2D eigenvalue weighted by Gasteiger charge is -2.09. The fourth-order valence-corrected chi connectivity index (χ4v) is 4.87. The number of hydrogen-bond acceptors (Lipinski definition) is 5. The van der Waals surface area contributed by atoms with Gasteiger partial charge in [0.2, 0.25) is 0 Å². The van der Waals surface area contributed by atoms with Crippen molar-refractivity contribution in [2.45, 2.75) is 45.4 Å². The molecule has 5 heteroatoms. The van der Waals surface area contributed by atoms with Crippen LogP contribution in [0.3, 0.4) is 0 Å². The molecule has 3 nitrogen and oxygen atoms in total. The molecule has 2 aromatic rings. The van der Waals surface area contributed by atoms with E-state index in [4.69, 9.17) is 4.84 Å². The number of nitrogens with zero attached hydrogens (tertiary/aromatic N) is 1. The molecule has 1 aliphatic carbocycles. The maximum Gasteiger partial charge on any atom is 0.331 e. The molecule has 0 aromatic carbocycles. The second-order valence-electron chi connectivity index (χ2n) is 5.95. The van der Waals surface area contributed by atoms with Crippen molar-refractivity contribution in [3.63, 3.8) is 0 Å². The monoisotopic (exact) mass is 347 g/mol. The SMILES string of the molecule is CC(=O)O/N=C(\CCC1CCCC1)c1ccc(-c2cccs2)s1. The molecule has 0 atom stereocenters. The van der Waals surface area contributed by atoms with Gasteiger partial charge in [-0.05, 0) is 42.3 Å². The van der Waals surface area contributed by atoms with Crippen molar-refractivity contribution < 1.29 is 9.63 Å². The molecule has 1 fully saturated rings. The Balaban J connectivity index is 1.74. The highest BCUT2D eigenvalue weighted by molar-refractivity contribution is 7.22. The van der Waals surface area contributed by atoms with Gasteiger partial charge in [0.1, 0.15) is 0 Å². The van der Waals surface area contributed by atoms with E-state index >= 15 is 0 Å². The Morgan fingerprint density at radius 2 is 2.09 bits per heavy atom. The third-order valence-corrected chi connectivity index (χ3v) is 6.40. The maximum absolute atomic E-state index is 11.1. The minimum absolute atomic E-state index is 0.363. The zero-order chi connectivity index (χ0) is 16.1. The number of thiophene rings is 2. The second-order valence-corrected chi connectivity index (χ2v) is 7.98. The summed E-state index contributed by atoms with van der Waals surface area (Å²) in [5.74, 6) is 0.438. The van der Waals surface area contributed by atoms with Crippen LogP contribution in [0.15, 0.2) is 34.8 Å². The zero-order valence-electron chi connectivity index (χ0n) is 13.3. The molecular formula is C18H21NO2S2. The van der Waals surface area contributed by atoms with Crippen molar-refractivity contribution in [1.82, 2.24) is 0 Å². The van der Waals surface area contributed by atoms with E-state index in [1.807, 2.05) is 0 Å². The number of oxime groups is 1. The smallest absolute Gasteiger partial charge is 0.318 e. The fourth-order valence-electron chi connectivity index (χ4n) is 3.02. The van der Waals surface area contributed by atoms with Crippen LogP contribution in [-0.2, 0) is 9.63 Å². The highest BCUT2D eigenvalue weighted by Crippen LogP contribution is 2.34. The Kier molecular flexibility index (Phi) is 5.62. The van der Waals surface area contributed by atoms with E-state index in [1.165, 1.54) is 42.4 Å². The summed E-state index contributed by atoms with van der Waals surface area (Å²) >= 11 is 3.46. The molecule has 0 aliphatic heterocycles. The molecule has 2 aromatic heterocycles. The highest BCUT2D eigenvalue weighted by atomic mass is 32.1. The molecule has 0 unspecified atom stereocenters. The van der Waals surface area contributed by atoms with Gasteiger partial charge in [-0.1, -0.05) is 36.9 Å². The normalized spacial score (nSPS) is 16.0. The summed E-state index contributed by atoms with van der Waals surface area (Å²) in [5, 5.41) is 6.22. The lowest BCUT2D eigenvalue weighted by Crippen LogP contribution is -2.05. The highest BCUT2D eigenvalue weighted by Gasteiger charge is 2.18. The van der Waals surface area contributed by atoms with Gasteiger partial charge in [0.25, 0.3) is 0 Å². The molecule has 23 heavy (non-hydrogen) atoms. The van der Waals surface area contributed by atoms with E-state index in [0.717, 1.165) is 29.3 Å². The average Bonchev–Trinajstić information content (AvgIpc) is 3.28. The summed E-state index contributed by atoms with van der Waals surface area (Å²) in [6, 6.07) is 8.41. The van der Waals surface area contributed by atoms with Crippen LogP contribution in [0, 0.1) is 5.92 Å². The molecule has 3 rings (SSSR count). The van der Waals surface area contributed by atoms with Crippen molar-refractivity contribution in [3.05, 3.63) is 34.5 Å². The molecule has 0 radical (unpaired) electrons. The minimum atomic E-state index is -0.363. The molecule has 1 saturated carbocycles. The number of hydrogen-bond donors (Lipinski definition) is 0. The summed E-state index contributed by atoms with van der Waals surface area (Å²) in [4.78, 5) is 19.7. The Bertz CT molecular complexity index is 667. The molecule has 122 valence electrons. The molecule has 0 spiro atoms. The molecule has 0 amide bonds. The predicted molar refractivity (Wildman–Crippen MR) is 97.1 cm³/mol. The van der Waals surface area contributed by atoms with Gasteiger partial charge in [-0.2, -0.15) is 0 Å². The third-order valence-electron chi connectivity index (χ3n) is 4.20. The van der Waals surface area contributed by atoms with Gasteiger partial charge in [-0.15, -0.1) is 22.7 Å². The van der Waals surface area contributed by atoms with Crippen LogP contribution in [-0.4, -0.2) is 11.7 Å². The van der Waals surface area contributed by atoms with E-state index in [0.29, 0.717) is 0 Å². The first-order valence-electron chi connectivity index (χ1n) is 8.11. The van der Waals surface area contributed by atoms with Crippen LogP contribution < -0.4 is 0 Å². The first-order chi connectivity index (χ1) is 11.2. The topological polar surface area (TPSA) is 38.7 Å². The van der Waals surface area contributed by atoms with Gasteiger partial charge in [0.15, 0.2) is 0 Å². The Morgan fingerprint density at radius 3 is 2.78 bits per heavy atom. The second kappa shape index (κ2) is 7.88. The van der Waals surface area contributed by atoms with Crippen molar-refractivity contribution in [2.24, 2.45) is 11.1 Å². The Hall–Kier alpha value is -1.46. The molecular weight excluding hydrogens is 326 g/mol. The van der Waals surface area contributed by atoms with Gasteiger partial charge >= 0.3 is 5.97 Å². The van der Waals surface area contributed by atoms with E-state index in [-0.39, 0.29) is 5.97 Å². The summed E-state index contributed by atoms with van der Waals surface area (Å²) in [5.41, 5.74) is 0.903. The predicted octanol–water partition coefficient (Wildman–Crippen LogP) is 5.71. The van der Waals surface area contributed by atoms with Crippen LogP contribution in [0.5, 0.6) is 0 Å². The first kappa shape index (κ1) is 16.4. The third kappa shape index (κ3) is 4.52. The first-order valence-corrected chi connectivity index (χ1v) is 9.80. The Labute approximate surface area is 145 Å².